The Bertz CT molecular complexity index is 1410. The monoisotopic (exact) mass is 416 g/mol. The van der Waals surface area contributed by atoms with E-state index in [1.165, 1.54) is 12.8 Å². The Labute approximate surface area is 177 Å². The summed E-state index contributed by atoms with van der Waals surface area (Å²) in [5.41, 5.74) is 8.87. The van der Waals surface area contributed by atoms with Gasteiger partial charge in [-0.1, -0.05) is 18.7 Å². The van der Waals surface area contributed by atoms with Crippen LogP contribution in [0.25, 0.3) is 18.3 Å². The van der Waals surface area contributed by atoms with E-state index >= 15 is 0 Å². The van der Waals surface area contributed by atoms with E-state index in [0.717, 1.165) is 29.2 Å². The molecule has 9 heteroatoms. The second kappa shape index (κ2) is 7.77. The van der Waals surface area contributed by atoms with E-state index < -0.39 is 0 Å². The van der Waals surface area contributed by atoms with Gasteiger partial charge in [-0.15, -0.1) is 0 Å². The van der Waals surface area contributed by atoms with E-state index in [4.69, 9.17) is 10.7 Å². The molecule has 9 nitrogen and oxygen atoms in total. The standard InChI is InChI=1S/C22H24N8O/c1-13-18(28-22(31)26-13)8-16-12-25-30-20(24-11-14-5-6-14)9-19(29-21(16)30)27-17-4-2-3-15(7-17)10-23/h2-4,7-9,12,14,24H,1,5-6,10-11,23H2,(H,27,29)(H2,26,28,31)/b18-8-. The van der Waals surface area contributed by atoms with Crippen molar-refractivity contribution in [2.45, 2.75) is 19.4 Å². The number of aromatic nitrogens is 5. The average molecular weight is 416 g/mol. The molecule has 0 saturated heterocycles. The van der Waals surface area contributed by atoms with Crippen LogP contribution in [0.2, 0.25) is 0 Å². The number of nitrogens with zero attached hydrogens (tertiary/aromatic N) is 3. The average Bonchev–Trinajstić information content (AvgIpc) is 3.43. The third kappa shape index (κ3) is 4.08. The Morgan fingerprint density at radius 1 is 1.29 bits per heavy atom. The molecule has 6 N–H and O–H groups in total. The van der Waals surface area contributed by atoms with Gasteiger partial charge in [-0.05, 0) is 42.5 Å². The smallest absolute Gasteiger partial charge is 0.323 e. The summed E-state index contributed by atoms with van der Waals surface area (Å²) in [6.45, 7) is 5.23. The number of hydrogen-bond acceptors (Lipinski definition) is 6. The van der Waals surface area contributed by atoms with Gasteiger partial charge in [0.05, 0.1) is 16.9 Å². The molecule has 1 aliphatic carbocycles. The number of benzene rings is 1. The normalized spacial score (nSPS) is 14.3. The van der Waals surface area contributed by atoms with Crippen LogP contribution in [0, 0.1) is 5.92 Å². The summed E-state index contributed by atoms with van der Waals surface area (Å²) in [5.74, 6) is 2.25. The molecular weight excluding hydrogens is 392 g/mol. The van der Waals surface area contributed by atoms with Gasteiger partial charge in [0, 0.05) is 30.4 Å². The molecule has 1 aliphatic rings. The Hall–Kier alpha value is -3.85. The molecule has 3 heterocycles. The van der Waals surface area contributed by atoms with Crippen molar-refractivity contribution in [3.8, 4) is 0 Å². The summed E-state index contributed by atoms with van der Waals surface area (Å²) in [6.07, 6.45) is 6.06. The number of H-pyrrole nitrogens is 2. The molecule has 31 heavy (non-hydrogen) atoms. The summed E-state index contributed by atoms with van der Waals surface area (Å²) in [4.78, 5) is 21.7. The van der Waals surface area contributed by atoms with Crippen molar-refractivity contribution in [2.24, 2.45) is 11.7 Å². The zero-order chi connectivity index (χ0) is 21.4. The third-order valence-corrected chi connectivity index (χ3v) is 5.34. The van der Waals surface area contributed by atoms with Crippen molar-refractivity contribution in [1.82, 2.24) is 24.6 Å². The fourth-order valence-electron chi connectivity index (χ4n) is 3.48. The van der Waals surface area contributed by atoms with Crippen molar-refractivity contribution in [3.05, 3.63) is 68.8 Å². The molecule has 0 unspecified atom stereocenters. The number of rotatable bonds is 7. The Morgan fingerprint density at radius 2 is 2.16 bits per heavy atom. The van der Waals surface area contributed by atoms with Crippen molar-refractivity contribution in [1.29, 1.82) is 0 Å². The lowest BCUT2D eigenvalue weighted by molar-refractivity contribution is 0.857. The number of anilines is 3. The Balaban J connectivity index is 1.59. The minimum Gasteiger partial charge on any atom is -0.370 e. The number of fused-ring (bicyclic) bond motifs is 1. The molecule has 158 valence electrons. The maximum Gasteiger partial charge on any atom is 0.323 e. The fraction of sp³-hybridized carbons (Fsp3) is 0.227. The van der Waals surface area contributed by atoms with Gasteiger partial charge < -0.3 is 26.3 Å². The minimum atomic E-state index is -0.297. The lowest BCUT2D eigenvalue weighted by Gasteiger charge is -2.12. The highest BCUT2D eigenvalue weighted by molar-refractivity contribution is 5.71. The maximum absolute atomic E-state index is 11.6. The zero-order valence-corrected chi connectivity index (χ0v) is 17.0. The van der Waals surface area contributed by atoms with E-state index in [1.54, 1.807) is 10.7 Å². The molecule has 0 bridgehead atoms. The predicted molar refractivity (Wildman–Crippen MR) is 122 cm³/mol. The van der Waals surface area contributed by atoms with Crippen LogP contribution in [0.1, 0.15) is 24.0 Å². The number of nitrogens with one attached hydrogen (secondary N) is 4. The largest absolute Gasteiger partial charge is 0.370 e. The first-order chi connectivity index (χ1) is 15.1. The lowest BCUT2D eigenvalue weighted by Crippen LogP contribution is -2.22. The van der Waals surface area contributed by atoms with E-state index in [-0.39, 0.29) is 5.69 Å². The first-order valence-corrected chi connectivity index (χ1v) is 10.3. The molecule has 5 rings (SSSR count). The van der Waals surface area contributed by atoms with Crippen LogP contribution < -0.4 is 32.8 Å². The molecule has 3 aromatic heterocycles. The van der Waals surface area contributed by atoms with E-state index in [2.05, 4.69) is 32.3 Å². The van der Waals surface area contributed by atoms with Gasteiger partial charge in [0.2, 0.25) is 0 Å². The molecule has 0 aliphatic heterocycles. The van der Waals surface area contributed by atoms with Gasteiger partial charge in [0.25, 0.3) is 0 Å². The highest BCUT2D eigenvalue weighted by Gasteiger charge is 2.21. The molecule has 4 aromatic rings. The summed E-state index contributed by atoms with van der Waals surface area (Å²) in [7, 11) is 0. The van der Waals surface area contributed by atoms with Gasteiger partial charge in [0.1, 0.15) is 11.6 Å². The highest BCUT2D eigenvalue weighted by atomic mass is 16.1. The van der Waals surface area contributed by atoms with E-state index in [9.17, 15) is 4.79 Å². The molecule has 1 fully saturated rings. The Kier molecular flexibility index (Phi) is 4.79. The summed E-state index contributed by atoms with van der Waals surface area (Å²) in [5, 5.41) is 12.5. The zero-order valence-electron chi connectivity index (χ0n) is 17.0. The first-order valence-electron chi connectivity index (χ1n) is 10.3. The molecule has 0 spiro atoms. The topological polar surface area (TPSA) is 129 Å². The quantitative estimate of drug-likeness (QED) is 0.306. The number of hydrogen-bond donors (Lipinski definition) is 5. The van der Waals surface area contributed by atoms with Crippen LogP contribution in [0.15, 0.2) is 41.3 Å². The van der Waals surface area contributed by atoms with Crippen LogP contribution in [0.5, 0.6) is 0 Å². The number of aromatic amines is 2. The van der Waals surface area contributed by atoms with Crippen molar-refractivity contribution in [3.63, 3.8) is 0 Å². The molecule has 0 amide bonds. The Morgan fingerprint density at radius 3 is 2.90 bits per heavy atom. The van der Waals surface area contributed by atoms with E-state index in [1.807, 2.05) is 36.4 Å². The number of imidazole rings is 1. The van der Waals surface area contributed by atoms with Crippen LogP contribution >= 0.6 is 0 Å². The molecule has 0 radical (unpaired) electrons. The van der Waals surface area contributed by atoms with Gasteiger partial charge in [-0.3, -0.25) is 0 Å². The summed E-state index contributed by atoms with van der Waals surface area (Å²) >= 11 is 0. The van der Waals surface area contributed by atoms with Gasteiger partial charge in [-0.25, -0.2) is 9.78 Å². The van der Waals surface area contributed by atoms with Crippen molar-refractivity contribution in [2.75, 3.05) is 17.2 Å². The van der Waals surface area contributed by atoms with Crippen molar-refractivity contribution >= 4 is 35.6 Å². The van der Waals surface area contributed by atoms with Crippen LogP contribution in [-0.2, 0) is 6.54 Å². The van der Waals surface area contributed by atoms with Gasteiger partial charge in [-0.2, -0.15) is 9.61 Å². The van der Waals surface area contributed by atoms with Crippen LogP contribution in [0.4, 0.5) is 17.3 Å². The molecule has 1 aromatic carbocycles. The van der Waals surface area contributed by atoms with E-state index in [0.29, 0.717) is 34.6 Å². The molecule has 1 saturated carbocycles. The van der Waals surface area contributed by atoms with Crippen LogP contribution in [-0.4, -0.2) is 31.1 Å². The predicted octanol–water partition coefficient (Wildman–Crippen LogP) is 1.01. The number of nitrogens with two attached hydrogens (primary N) is 1. The fourth-order valence-corrected chi connectivity index (χ4v) is 3.48. The van der Waals surface area contributed by atoms with Crippen molar-refractivity contribution < 1.29 is 0 Å². The van der Waals surface area contributed by atoms with Gasteiger partial charge in [0.15, 0.2) is 5.65 Å². The maximum atomic E-state index is 11.6. The SMILES string of the molecule is C=c1[nH]c(=O)[nH]/c1=C\c1cnn2c(NCC3CC3)cc(Nc3cccc(CN)c3)nc12. The first kappa shape index (κ1) is 19.1. The summed E-state index contributed by atoms with van der Waals surface area (Å²) in [6, 6.07) is 9.89. The molecular formula is C22H24N8O. The highest BCUT2D eigenvalue weighted by Crippen LogP contribution is 2.30. The second-order valence-electron chi connectivity index (χ2n) is 7.83. The lowest BCUT2D eigenvalue weighted by atomic mass is 10.2. The third-order valence-electron chi connectivity index (χ3n) is 5.34. The molecule has 0 atom stereocenters. The van der Waals surface area contributed by atoms with Gasteiger partial charge >= 0.3 is 5.69 Å². The van der Waals surface area contributed by atoms with Crippen LogP contribution in [0.3, 0.4) is 0 Å². The summed E-state index contributed by atoms with van der Waals surface area (Å²) < 4.78 is 1.78. The second-order valence-corrected chi connectivity index (χ2v) is 7.83. The minimum absolute atomic E-state index is 0.297.